The first-order valence-electron chi connectivity index (χ1n) is 6.28. The van der Waals surface area contributed by atoms with Gasteiger partial charge in [-0.1, -0.05) is 23.2 Å². The van der Waals surface area contributed by atoms with Crippen molar-refractivity contribution in [1.29, 1.82) is 0 Å². The number of benzene rings is 2. The van der Waals surface area contributed by atoms with Gasteiger partial charge in [0.2, 0.25) is 0 Å². The van der Waals surface area contributed by atoms with Gasteiger partial charge in [-0.05, 0) is 24.3 Å². The molecule has 0 radical (unpaired) electrons. The normalized spacial score (nSPS) is 10.8. The average molecular weight is 357 g/mol. The van der Waals surface area contributed by atoms with Crippen LogP contribution in [0.15, 0.2) is 35.4 Å². The van der Waals surface area contributed by atoms with E-state index in [1.165, 1.54) is 25.3 Å². The fraction of sp³-hybridized carbons (Fsp3) is 0.0667. The summed E-state index contributed by atoms with van der Waals surface area (Å²) in [5, 5.41) is 13.9. The molecule has 0 saturated carbocycles. The molecular formula is C15H11Cl2FN2O3. The molecule has 2 aromatic rings. The highest BCUT2D eigenvalue weighted by molar-refractivity contribution is 6.43. The van der Waals surface area contributed by atoms with Crippen molar-refractivity contribution in [2.45, 2.75) is 0 Å². The number of hydrogen-bond donors (Lipinski definition) is 2. The number of ether oxygens (including phenoxy) is 1. The summed E-state index contributed by atoms with van der Waals surface area (Å²) in [6.07, 6.45) is 1.13. The number of amides is 1. The number of methoxy groups -OCH3 is 1. The molecule has 0 spiro atoms. The summed E-state index contributed by atoms with van der Waals surface area (Å²) >= 11 is 11.9. The molecule has 1 amide bonds. The molecule has 23 heavy (non-hydrogen) atoms. The molecule has 0 saturated heterocycles. The quantitative estimate of drug-likeness (QED) is 0.649. The Hall–Kier alpha value is -2.31. The molecule has 0 bridgehead atoms. The number of hydrogen-bond acceptors (Lipinski definition) is 4. The zero-order chi connectivity index (χ0) is 17.0. The highest BCUT2D eigenvalue weighted by Crippen LogP contribution is 2.38. The number of aromatic hydroxyl groups is 1. The van der Waals surface area contributed by atoms with Gasteiger partial charge in [-0.2, -0.15) is 5.10 Å². The van der Waals surface area contributed by atoms with Gasteiger partial charge in [0.05, 0.1) is 28.9 Å². The van der Waals surface area contributed by atoms with Gasteiger partial charge in [0.25, 0.3) is 5.91 Å². The Kier molecular flexibility index (Phi) is 5.41. The van der Waals surface area contributed by atoms with Crippen molar-refractivity contribution in [2.24, 2.45) is 5.10 Å². The third kappa shape index (κ3) is 3.91. The lowest BCUT2D eigenvalue weighted by Crippen LogP contribution is -2.17. The van der Waals surface area contributed by atoms with Crippen LogP contribution in [0.3, 0.4) is 0 Å². The van der Waals surface area contributed by atoms with Crippen LogP contribution in [0.25, 0.3) is 0 Å². The lowest BCUT2D eigenvalue weighted by Gasteiger charge is -2.09. The first kappa shape index (κ1) is 17.1. The Bertz CT molecular complexity index is 764. The molecule has 0 atom stereocenters. The molecule has 2 rings (SSSR count). The fourth-order valence-electron chi connectivity index (χ4n) is 1.71. The summed E-state index contributed by atoms with van der Waals surface area (Å²) in [5.74, 6) is -1.15. The van der Waals surface area contributed by atoms with Crippen molar-refractivity contribution in [2.75, 3.05) is 7.11 Å². The van der Waals surface area contributed by atoms with E-state index in [4.69, 9.17) is 27.9 Å². The smallest absolute Gasteiger partial charge is 0.271 e. The average Bonchev–Trinajstić information content (AvgIpc) is 2.54. The van der Waals surface area contributed by atoms with Gasteiger partial charge in [0, 0.05) is 11.6 Å². The third-order valence-corrected chi connectivity index (χ3v) is 3.68. The number of nitrogens with one attached hydrogen (secondary N) is 1. The van der Waals surface area contributed by atoms with Crippen LogP contribution in [-0.4, -0.2) is 24.3 Å². The van der Waals surface area contributed by atoms with Crippen LogP contribution in [0, 0.1) is 5.82 Å². The summed E-state index contributed by atoms with van der Waals surface area (Å²) in [5.41, 5.74) is 2.55. The van der Waals surface area contributed by atoms with Gasteiger partial charge in [-0.3, -0.25) is 4.79 Å². The predicted molar refractivity (Wildman–Crippen MR) is 86.1 cm³/mol. The van der Waals surface area contributed by atoms with Crippen molar-refractivity contribution < 1.29 is 19.0 Å². The summed E-state index contributed by atoms with van der Waals surface area (Å²) in [6.45, 7) is 0. The summed E-state index contributed by atoms with van der Waals surface area (Å²) in [7, 11) is 1.36. The van der Waals surface area contributed by atoms with Crippen LogP contribution >= 0.6 is 23.2 Å². The van der Waals surface area contributed by atoms with Gasteiger partial charge in [-0.25, -0.2) is 9.82 Å². The Morgan fingerprint density at radius 2 is 2.00 bits per heavy atom. The van der Waals surface area contributed by atoms with E-state index in [2.05, 4.69) is 10.5 Å². The molecule has 5 nitrogen and oxygen atoms in total. The molecular weight excluding hydrogens is 346 g/mol. The minimum absolute atomic E-state index is 0.0600. The molecule has 0 fully saturated rings. The fourth-order valence-corrected chi connectivity index (χ4v) is 2.10. The summed E-state index contributed by atoms with van der Waals surface area (Å²) in [4.78, 5) is 11.8. The second-order valence-corrected chi connectivity index (χ2v) is 5.13. The van der Waals surface area contributed by atoms with E-state index in [1.54, 1.807) is 0 Å². The number of hydrazone groups is 1. The molecule has 2 aromatic carbocycles. The number of rotatable bonds is 4. The summed E-state index contributed by atoms with van der Waals surface area (Å²) < 4.78 is 17.7. The SMILES string of the molecule is COc1cc(Cl)c(Cl)c(/C=N\NC(=O)c2ccc(F)cc2)c1O. The number of phenols is 1. The van der Waals surface area contributed by atoms with Gasteiger partial charge in [0.1, 0.15) is 5.82 Å². The molecule has 2 N–H and O–H groups in total. The third-order valence-electron chi connectivity index (χ3n) is 2.88. The summed E-state index contributed by atoms with van der Waals surface area (Å²) in [6, 6.07) is 6.29. The van der Waals surface area contributed by atoms with E-state index >= 15 is 0 Å². The van der Waals surface area contributed by atoms with Crippen LogP contribution in [0.2, 0.25) is 10.0 Å². The van der Waals surface area contributed by atoms with Crippen LogP contribution in [0.5, 0.6) is 11.5 Å². The second-order valence-electron chi connectivity index (χ2n) is 4.34. The monoisotopic (exact) mass is 356 g/mol. The molecule has 0 aliphatic rings. The Balaban J connectivity index is 2.19. The van der Waals surface area contributed by atoms with Gasteiger partial charge in [0.15, 0.2) is 11.5 Å². The highest BCUT2D eigenvalue weighted by atomic mass is 35.5. The van der Waals surface area contributed by atoms with Gasteiger partial charge in [-0.15, -0.1) is 0 Å². The lowest BCUT2D eigenvalue weighted by molar-refractivity contribution is 0.0955. The largest absolute Gasteiger partial charge is 0.504 e. The molecule has 0 aromatic heterocycles. The number of carbonyl (C=O) groups is 1. The van der Waals surface area contributed by atoms with Crippen LogP contribution in [-0.2, 0) is 0 Å². The van der Waals surface area contributed by atoms with Gasteiger partial charge < -0.3 is 9.84 Å². The van der Waals surface area contributed by atoms with Crippen molar-refractivity contribution in [3.05, 3.63) is 57.3 Å². The van der Waals surface area contributed by atoms with Crippen LogP contribution in [0.1, 0.15) is 15.9 Å². The Morgan fingerprint density at radius 1 is 1.35 bits per heavy atom. The van der Waals surface area contributed by atoms with Crippen molar-refractivity contribution in [1.82, 2.24) is 5.43 Å². The Morgan fingerprint density at radius 3 is 2.61 bits per heavy atom. The maximum atomic E-state index is 12.8. The van der Waals surface area contributed by atoms with E-state index in [0.717, 1.165) is 18.3 Å². The zero-order valence-corrected chi connectivity index (χ0v) is 13.3. The number of carbonyl (C=O) groups excluding carboxylic acids is 1. The van der Waals surface area contributed by atoms with Crippen LogP contribution in [0.4, 0.5) is 4.39 Å². The van der Waals surface area contributed by atoms with E-state index in [-0.39, 0.29) is 32.7 Å². The van der Waals surface area contributed by atoms with E-state index in [9.17, 15) is 14.3 Å². The first-order valence-corrected chi connectivity index (χ1v) is 7.03. The molecule has 0 heterocycles. The molecule has 0 aliphatic heterocycles. The van der Waals surface area contributed by atoms with E-state index in [1.807, 2.05) is 0 Å². The standard InChI is InChI=1S/C15H11Cl2FN2O3/c1-23-12-6-11(16)13(17)10(14(12)21)7-19-20-15(22)8-2-4-9(18)5-3-8/h2-7,21H,1H3,(H,20,22)/b19-7-. The maximum Gasteiger partial charge on any atom is 0.271 e. The van der Waals surface area contributed by atoms with Crippen molar-refractivity contribution >= 4 is 35.3 Å². The second kappa shape index (κ2) is 7.30. The minimum Gasteiger partial charge on any atom is -0.504 e. The van der Waals surface area contributed by atoms with Crippen molar-refractivity contribution in [3.8, 4) is 11.5 Å². The Labute approximate surface area is 141 Å². The molecule has 0 unspecified atom stereocenters. The number of phenolic OH excluding ortho intramolecular Hbond substituents is 1. The maximum absolute atomic E-state index is 12.8. The predicted octanol–water partition coefficient (Wildman–Crippen LogP) is 3.61. The lowest BCUT2D eigenvalue weighted by atomic mass is 10.2. The van der Waals surface area contributed by atoms with E-state index < -0.39 is 11.7 Å². The number of nitrogens with zero attached hydrogens (tertiary/aromatic N) is 1. The topological polar surface area (TPSA) is 70.9 Å². The highest BCUT2D eigenvalue weighted by Gasteiger charge is 2.15. The van der Waals surface area contributed by atoms with Crippen LogP contribution < -0.4 is 10.2 Å². The zero-order valence-electron chi connectivity index (χ0n) is 11.8. The van der Waals surface area contributed by atoms with E-state index in [0.29, 0.717) is 0 Å². The van der Waals surface area contributed by atoms with Gasteiger partial charge >= 0.3 is 0 Å². The number of halogens is 3. The minimum atomic E-state index is -0.550. The molecule has 0 aliphatic carbocycles. The first-order chi connectivity index (χ1) is 10.9. The molecule has 120 valence electrons. The molecule has 8 heteroatoms. The van der Waals surface area contributed by atoms with Crippen molar-refractivity contribution in [3.63, 3.8) is 0 Å².